The van der Waals surface area contributed by atoms with Gasteiger partial charge >= 0.3 is 0 Å². The van der Waals surface area contributed by atoms with Gasteiger partial charge in [-0.3, -0.25) is 4.79 Å². The largest absolute Gasteiger partial charge is 0.444 e. The van der Waals surface area contributed by atoms with Crippen molar-refractivity contribution in [3.8, 4) is 11.5 Å². The summed E-state index contributed by atoms with van der Waals surface area (Å²) >= 11 is 0. The Kier molecular flexibility index (Phi) is 10.5. The minimum Gasteiger partial charge on any atom is -0.444 e. The van der Waals surface area contributed by atoms with Gasteiger partial charge in [0.15, 0.2) is 0 Å². The maximum Gasteiger partial charge on any atom is 0.228 e. The van der Waals surface area contributed by atoms with E-state index in [2.05, 4.69) is 18.8 Å². The molecule has 0 aliphatic carbocycles. The Balaban J connectivity index is 0.00000312. The number of carbonyl (C=O) groups is 1. The molecule has 1 unspecified atom stereocenters. The van der Waals surface area contributed by atoms with Crippen LogP contribution in [-0.2, 0) is 11.2 Å². The maximum atomic E-state index is 12.9. The van der Waals surface area contributed by atoms with E-state index < -0.39 is 0 Å². The Morgan fingerprint density at radius 3 is 2.46 bits per heavy atom. The van der Waals surface area contributed by atoms with Crippen molar-refractivity contribution in [3.63, 3.8) is 0 Å². The van der Waals surface area contributed by atoms with Crippen LogP contribution >= 0.6 is 24.8 Å². The van der Waals surface area contributed by atoms with Crippen molar-refractivity contribution in [2.75, 3.05) is 13.6 Å². The van der Waals surface area contributed by atoms with Gasteiger partial charge in [0.25, 0.3) is 0 Å². The van der Waals surface area contributed by atoms with E-state index in [4.69, 9.17) is 10.2 Å². The third-order valence-electron chi connectivity index (χ3n) is 4.06. The minimum atomic E-state index is -0.318. The molecule has 1 aromatic heterocycles. The van der Waals surface area contributed by atoms with Gasteiger partial charge < -0.3 is 15.1 Å². The van der Waals surface area contributed by atoms with Gasteiger partial charge in [0, 0.05) is 25.2 Å². The number of rotatable bonds is 7. The summed E-state index contributed by atoms with van der Waals surface area (Å²) in [5, 5.41) is 0. The number of likely N-dealkylation sites (N-methyl/N-ethyl adjacent to an activating group) is 1. The first-order chi connectivity index (χ1) is 11.4. The van der Waals surface area contributed by atoms with Gasteiger partial charge in [-0.2, -0.15) is 0 Å². The smallest absolute Gasteiger partial charge is 0.228 e. The molecule has 0 aliphatic heterocycles. The molecule has 2 aromatic rings. The van der Waals surface area contributed by atoms with Gasteiger partial charge in [-0.25, -0.2) is 9.37 Å². The highest BCUT2D eigenvalue weighted by atomic mass is 35.5. The first kappa shape index (κ1) is 24.4. The number of nitrogens with zero attached hydrogens (tertiary/aromatic N) is 2. The molecule has 1 heterocycles. The molecule has 146 valence electrons. The molecule has 0 spiro atoms. The van der Waals surface area contributed by atoms with Crippen LogP contribution in [0.5, 0.6) is 0 Å². The van der Waals surface area contributed by atoms with Crippen LogP contribution in [0.2, 0.25) is 0 Å². The van der Waals surface area contributed by atoms with Crippen molar-refractivity contribution in [2.45, 2.75) is 32.7 Å². The lowest BCUT2D eigenvalue weighted by Gasteiger charge is -2.21. The van der Waals surface area contributed by atoms with Gasteiger partial charge in [-0.1, -0.05) is 13.8 Å². The Hall–Kier alpha value is -1.63. The zero-order chi connectivity index (χ0) is 17.7. The second kappa shape index (κ2) is 11.2. The summed E-state index contributed by atoms with van der Waals surface area (Å²) < 4.78 is 18.3. The molecule has 0 saturated carbocycles. The van der Waals surface area contributed by atoms with Crippen molar-refractivity contribution < 1.29 is 13.6 Å². The molecular formula is C18H26Cl2FN3O2. The summed E-state index contributed by atoms with van der Waals surface area (Å²) in [4.78, 5) is 18.2. The Bertz CT molecular complexity index is 677. The van der Waals surface area contributed by atoms with E-state index in [0.29, 0.717) is 29.6 Å². The molecule has 0 saturated heterocycles. The summed E-state index contributed by atoms with van der Waals surface area (Å²) in [6.45, 7) is 4.75. The normalized spacial score (nSPS) is 11.5. The second-order valence-electron chi connectivity index (χ2n) is 6.34. The number of benzene rings is 1. The summed E-state index contributed by atoms with van der Waals surface area (Å²) in [5.74, 6) is 0.413. The lowest BCUT2D eigenvalue weighted by molar-refractivity contribution is -0.129. The predicted molar refractivity (Wildman–Crippen MR) is 105 cm³/mol. The number of amides is 1. The van der Waals surface area contributed by atoms with E-state index >= 15 is 0 Å². The lowest BCUT2D eigenvalue weighted by atomic mass is 10.0. The zero-order valence-electron chi connectivity index (χ0n) is 15.1. The van der Waals surface area contributed by atoms with Gasteiger partial charge in [0.05, 0.1) is 12.1 Å². The van der Waals surface area contributed by atoms with Crippen LogP contribution in [0.4, 0.5) is 4.39 Å². The summed E-state index contributed by atoms with van der Waals surface area (Å²) in [7, 11) is 1.76. The zero-order valence-corrected chi connectivity index (χ0v) is 16.8. The molecule has 0 bridgehead atoms. The van der Waals surface area contributed by atoms with Crippen molar-refractivity contribution in [3.05, 3.63) is 42.0 Å². The van der Waals surface area contributed by atoms with Gasteiger partial charge in [0.1, 0.15) is 12.1 Å². The van der Waals surface area contributed by atoms with Crippen LogP contribution in [0.25, 0.3) is 11.5 Å². The van der Waals surface area contributed by atoms with Crippen molar-refractivity contribution in [1.29, 1.82) is 0 Å². The van der Waals surface area contributed by atoms with Crippen molar-refractivity contribution in [1.82, 2.24) is 9.88 Å². The second-order valence-corrected chi connectivity index (χ2v) is 6.34. The molecule has 0 aliphatic rings. The molecule has 8 heteroatoms. The van der Waals surface area contributed by atoms with Crippen LogP contribution in [0.15, 0.2) is 34.9 Å². The first-order valence-corrected chi connectivity index (χ1v) is 8.06. The molecule has 26 heavy (non-hydrogen) atoms. The maximum absolute atomic E-state index is 12.9. The number of hydrogen-bond donors (Lipinski definition) is 1. The molecule has 1 aromatic carbocycles. The average Bonchev–Trinajstić information content (AvgIpc) is 3.01. The highest BCUT2D eigenvalue weighted by Gasteiger charge is 2.15. The highest BCUT2D eigenvalue weighted by molar-refractivity contribution is 5.85. The number of carbonyl (C=O) groups excluding carboxylic acids is 1. The standard InChI is InChI=1S/C18H24FN3O2.2ClH/c1-12(2)16(20)8-9-22(3)17(23)10-15-11-24-18(21-15)13-4-6-14(19)7-5-13;;/h4-7,11-12,16H,8-10,20H2,1-3H3;2*1H. The SMILES string of the molecule is CC(C)C(N)CCN(C)C(=O)Cc1coc(-c2ccc(F)cc2)n1.Cl.Cl. The van der Waals surface area contributed by atoms with Gasteiger partial charge in [-0.15, -0.1) is 24.8 Å². The van der Waals surface area contributed by atoms with E-state index in [1.807, 2.05) is 0 Å². The summed E-state index contributed by atoms with van der Waals surface area (Å²) in [6, 6.07) is 5.95. The van der Waals surface area contributed by atoms with E-state index in [0.717, 1.165) is 6.42 Å². The Labute approximate surface area is 166 Å². The van der Waals surface area contributed by atoms with Crippen LogP contribution < -0.4 is 5.73 Å². The third kappa shape index (κ3) is 6.94. The van der Waals surface area contributed by atoms with Gasteiger partial charge in [-0.05, 0) is 36.6 Å². The summed E-state index contributed by atoms with van der Waals surface area (Å²) in [6.07, 6.45) is 2.39. The molecule has 0 radical (unpaired) electrons. The fraction of sp³-hybridized carbons (Fsp3) is 0.444. The summed E-state index contributed by atoms with van der Waals surface area (Å²) in [5.41, 5.74) is 7.23. The monoisotopic (exact) mass is 405 g/mol. The van der Waals surface area contributed by atoms with Crippen molar-refractivity contribution >= 4 is 30.7 Å². The topological polar surface area (TPSA) is 72.4 Å². The number of oxazole rings is 1. The minimum absolute atomic E-state index is 0. The Morgan fingerprint density at radius 1 is 1.27 bits per heavy atom. The molecule has 1 atom stereocenters. The van der Waals surface area contributed by atoms with E-state index in [1.54, 1.807) is 24.1 Å². The van der Waals surface area contributed by atoms with Crippen LogP contribution in [0.1, 0.15) is 26.0 Å². The lowest BCUT2D eigenvalue weighted by Crippen LogP contribution is -2.35. The fourth-order valence-corrected chi connectivity index (χ4v) is 2.20. The molecule has 5 nitrogen and oxygen atoms in total. The molecular weight excluding hydrogens is 380 g/mol. The van der Waals surface area contributed by atoms with E-state index in [1.165, 1.54) is 18.4 Å². The van der Waals surface area contributed by atoms with Crippen LogP contribution in [0.3, 0.4) is 0 Å². The quantitative estimate of drug-likeness (QED) is 0.761. The number of hydrogen-bond acceptors (Lipinski definition) is 4. The third-order valence-corrected chi connectivity index (χ3v) is 4.06. The predicted octanol–water partition coefficient (Wildman–Crippen LogP) is 3.70. The highest BCUT2D eigenvalue weighted by Crippen LogP contribution is 2.19. The molecule has 2 rings (SSSR count). The molecule has 2 N–H and O–H groups in total. The number of halogens is 3. The van der Waals surface area contributed by atoms with Gasteiger partial charge in [0.2, 0.25) is 11.8 Å². The molecule has 1 amide bonds. The fourth-order valence-electron chi connectivity index (χ4n) is 2.20. The first-order valence-electron chi connectivity index (χ1n) is 8.06. The van der Waals surface area contributed by atoms with E-state index in [-0.39, 0.29) is 49.0 Å². The Morgan fingerprint density at radius 2 is 1.88 bits per heavy atom. The number of nitrogens with two attached hydrogens (primary N) is 1. The van der Waals surface area contributed by atoms with E-state index in [9.17, 15) is 9.18 Å². The van der Waals surface area contributed by atoms with Crippen molar-refractivity contribution in [2.24, 2.45) is 11.7 Å². The molecule has 0 fully saturated rings. The number of aromatic nitrogens is 1. The van der Waals surface area contributed by atoms with Crippen LogP contribution in [0, 0.1) is 11.7 Å². The van der Waals surface area contributed by atoms with Crippen LogP contribution in [-0.4, -0.2) is 35.4 Å². The average molecular weight is 406 g/mol.